The number of halogens is 1. The van der Waals surface area contributed by atoms with Crippen molar-refractivity contribution in [3.05, 3.63) is 59.9 Å². The lowest BCUT2D eigenvalue weighted by Gasteiger charge is -2.32. The van der Waals surface area contributed by atoms with E-state index in [1.807, 2.05) is 0 Å². The van der Waals surface area contributed by atoms with Crippen molar-refractivity contribution in [1.29, 1.82) is 0 Å². The first-order chi connectivity index (χ1) is 16.3. The van der Waals surface area contributed by atoms with Crippen molar-refractivity contribution in [2.24, 2.45) is 5.92 Å². The molecule has 2 N–H and O–H groups in total. The Hall–Kier alpha value is -2.94. The SMILES string of the molecule is CCCCCCNC(=O)C1CCCN(C(=O)c2ccc(S(=O)(=O)Nc3ccccc3F)cc2)C1. The maximum atomic E-state index is 13.8. The Balaban J connectivity index is 1.59. The molecule has 0 bridgehead atoms. The summed E-state index contributed by atoms with van der Waals surface area (Å²) in [7, 11) is -4.01. The Kier molecular flexibility index (Phi) is 9.04. The third-order valence-corrected chi connectivity index (χ3v) is 7.32. The number of anilines is 1. The van der Waals surface area contributed by atoms with Gasteiger partial charge in [0.1, 0.15) is 5.82 Å². The Morgan fingerprint density at radius 1 is 1.06 bits per heavy atom. The molecule has 1 atom stereocenters. The van der Waals surface area contributed by atoms with Gasteiger partial charge in [0, 0.05) is 25.2 Å². The Morgan fingerprint density at radius 2 is 1.79 bits per heavy atom. The second-order valence-electron chi connectivity index (χ2n) is 8.55. The van der Waals surface area contributed by atoms with E-state index >= 15 is 0 Å². The zero-order valence-electron chi connectivity index (χ0n) is 19.4. The van der Waals surface area contributed by atoms with Crippen LogP contribution in [0.3, 0.4) is 0 Å². The van der Waals surface area contributed by atoms with Crippen LogP contribution in [-0.2, 0) is 14.8 Å². The molecule has 0 aromatic heterocycles. The van der Waals surface area contributed by atoms with Crippen molar-refractivity contribution in [3.63, 3.8) is 0 Å². The summed E-state index contributed by atoms with van der Waals surface area (Å²) in [5.74, 6) is -1.18. The summed E-state index contributed by atoms with van der Waals surface area (Å²) in [5.41, 5.74) is 0.191. The number of rotatable bonds is 10. The fourth-order valence-corrected chi connectivity index (χ4v) is 5.06. The average molecular weight is 490 g/mol. The van der Waals surface area contributed by atoms with Crippen molar-refractivity contribution in [1.82, 2.24) is 10.2 Å². The monoisotopic (exact) mass is 489 g/mol. The van der Waals surface area contributed by atoms with E-state index in [4.69, 9.17) is 0 Å². The first-order valence-corrected chi connectivity index (χ1v) is 13.2. The number of sulfonamides is 1. The zero-order chi connectivity index (χ0) is 24.6. The van der Waals surface area contributed by atoms with E-state index < -0.39 is 15.8 Å². The number of piperidine rings is 1. The van der Waals surface area contributed by atoms with E-state index in [1.165, 1.54) is 42.5 Å². The highest BCUT2D eigenvalue weighted by Gasteiger charge is 2.29. The molecule has 184 valence electrons. The number of carbonyl (C=O) groups is 2. The molecule has 2 amide bonds. The molecule has 9 heteroatoms. The van der Waals surface area contributed by atoms with Gasteiger partial charge in [0.25, 0.3) is 15.9 Å². The quantitative estimate of drug-likeness (QED) is 0.490. The summed E-state index contributed by atoms with van der Waals surface area (Å²) in [4.78, 5) is 27.1. The van der Waals surface area contributed by atoms with Crippen molar-refractivity contribution in [3.8, 4) is 0 Å². The van der Waals surface area contributed by atoms with Gasteiger partial charge in [-0.25, -0.2) is 12.8 Å². The van der Waals surface area contributed by atoms with Gasteiger partial charge in [0.2, 0.25) is 5.91 Å². The summed E-state index contributed by atoms with van der Waals surface area (Å²) < 4.78 is 41.2. The molecule has 0 saturated carbocycles. The number of amides is 2. The van der Waals surface area contributed by atoms with Gasteiger partial charge >= 0.3 is 0 Å². The minimum absolute atomic E-state index is 0.0188. The number of para-hydroxylation sites is 1. The van der Waals surface area contributed by atoms with Crippen LogP contribution in [0.15, 0.2) is 53.4 Å². The molecule has 1 fully saturated rings. The van der Waals surface area contributed by atoms with Crippen LogP contribution in [0.5, 0.6) is 0 Å². The predicted octanol–water partition coefficient (Wildman–Crippen LogP) is 4.18. The van der Waals surface area contributed by atoms with E-state index in [2.05, 4.69) is 17.0 Å². The second-order valence-corrected chi connectivity index (χ2v) is 10.2. The zero-order valence-corrected chi connectivity index (χ0v) is 20.2. The normalized spacial score (nSPS) is 16.2. The molecule has 1 unspecified atom stereocenters. The van der Waals surface area contributed by atoms with Crippen LogP contribution < -0.4 is 10.0 Å². The largest absolute Gasteiger partial charge is 0.356 e. The molecule has 1 saturated heterocycles. The summed E-state index contributed by atoms with van der Waals surface area (Å²) in [6.45, 7) is 3.68. The topological polar surface area (TPSA) is 95.6 Å². The standard InChI is InChI=1S/C25H32FN3O4S/c1-2-3-4-7-16-27-24(30)20-9-8-17-29(18-20)25(31)19-12-14-21(15-13-19)34(32,33)28-23-11-6-5-10-22(23)26/h5-6,10-15,20,28H,2-4,7-9,16-18H2,1H3,(H,27,30). The van der Waals surface area contributed by atoms with Gasteiger partial charge in [0.05, 0.1) is 16.5 Å². The Labute approximate surface area is 200 Å². The molecule has 2 aromatic rings. The lowest BCUT2D eigenvalue weighted by molar-refractivity contribution is -0.126. The molecule has 0 spiro atoms. The summed E-state index contributed by atoms with van der Waals surface area (Å²) in [6.07, 6.45) is 5.81. The number of nitrogens with zero attached hydrogens (tertiary/aromatic N) is 1. The number of hydrogen-bond acceptors (Lipinski definition) is 4. The van der Waals surface area contributed by atoms with Crippen molar-refractivity contribution in [2.45, 2.75) is 50.3 Å². The van der Waals surface area contributed by atoms with Gasteiger partial charge in [0.15, 0.2) is 0 Å². The van der Waals surface area contributed by atoms with Crippen LogP contribution in [0.4, 0.5) is 10.1 Å². The number of nitrogens with one attached hydrogen (secondary N) is 2. The minimum atomic E-state index is -4.01. The average Bonchev–Trinajstić information content (AvgIpc) is 2.85. The van der Waals surface area contributed by atoms with Crippen molar-refractivity contribution >= 4 is 27.5 Å². The fourth-order valence-electron chi connectivity index (χ4n) is 3.99. The third-order valence-electron chi connectivity index (χ3n) is 5.94. The van der Waals surface area contributed by atoms with Crippen LogP contribution in [0, 0.1) is 11.7 Å². The number of benzene rings is 2. The molecule has 0 radical (unpaired) electrons. The Morgan fingerprint density at radius 3 is 2.50 bits per heavy atom. The predicted molar refractivity (Wildman–Crippen MR) is 129 cm³/mol. The van der Waals surface area contributed by atoms with Crippen molar-refractivity contribution < 1.29 is 22.4 Å². The first kappa shape index (κ1) is 25.7. The van der Waals surface area contributed by atoms with Gasteiger partial charge < -0.3 is 10.2 Å². The molecule has 1 aliphatic rings. The van der Waals surface area contributed by atoms with Crippen LogP contribution in [0.2, 0.25) is 0 Å². The van der Waals surface area contributed by atoms with Crippen molar-refractivity contribution in [2.75, 3.05) is 24.4 Å². The van der Waals surface area contributed by atoms with E-state index in [0.29, 0.717) is 25.2 Å². The molecule has 1 aliphatic heterocycles. The molecule has 34 heavy (non-hydrogen) atoms. The molecular weight excluding hydrogens is 457 g/mol. The second kappa shape index (κ2) is 12.0. The first-order valence-electron chi connectivity index (χ1n) is 11.8. The van der Waals surface area contributed by atoms with E-state index in [-0.39, 0.29) is 28.3 Å². The van der Waals surface area contributed by atoms with Crippen LogP contribution in [0.25, 0.3) is 0 Å². The Bertz CT molecular complexity index is 1090. The number of carbonyl (C=O) groups excluding carboxylic acids is 2. The molecule has 1 heterocycles. The van der Waals surface area contributed by atoms with E-state index in [1.54, 1.807) is 4.90 Å². The lowest BCUT2D eigenvalue weighted by Crippen LogP contribution is -2.45. The highest BCUT2D eigenvalue weighted by atomic mass is 32.2. The number of unbranched alkanes of at least 4 members (excludes halogenated alkanes) is 3. The molecule has 7 nitrogen and oxygen atoms in total. The van der Waals surface area contributed by atoms with Gasteiger partial charge in [-0.05, 0) is 55.7 Å². The van der Waals surface area contributed by atoms with Gasteiger partial charge in [-0.15, -0.1) is 0 Å². The highest BCUT2D eigenvalue weighted by molar-refractivity contribution is 7.92. The van der Waals surface area contributed by atoms with E-state index in [0.717, 1.165) is 44.6 Å². The van der Waals surface area contributed by atoms with Gasteiger partial charge in [-0.1, -0.05) is 38.3 Å². The van der Waals surface area contributed by atoms with Gasteiger partial charge in [-0.2, -0.15) is 0 Å². The fraction of sp³-hybridized carbons (Fsp3) is 0.440. The van der Waals surface area contributed by atoms with E-state index in [9.17, 15) is 22.4 Å². The third kappa shape index (κ3) is 6.79. The molecule has 0 aliphatic carbocycles. The van der Waals surface area contributed by atoms with Crippen LogP contribution >= 0.6 is 0 Å². The smallest absolute Gasteiger partial charge is 0.261 e. The molecular formula is C25H32FN3O4S. The maximum absolute atomic E-state index is 13.8. The summed E-state index contributed by atoms with van der Waals surface area (Å²) in [6, 6.07) is 11.0. The molecule has 2 aromatic carbocycles. The maximum Gasteiger partial charge on any atom is 0.261 e. The summed E-state index contributed by atoms with van der Waals surface area (Å²) >= 11 is 0. The number of likely N-dealkylation sites (tertiary alicyclic amines) is 1. The number of hydrogen-bond donors (Lipinski definition) is 2. The highest BCUT2D eigenvalue weighted by Crippen LogP contribution is 2.22. The lowest BCUT2D eigenvalue weighted by atomic mass is 9.96. The van der Waals surface area contributed by atoms with Crippen LogP contribution in [0.1, 0.15) is 55.8 Å². The minimum Gasteiger partial charge on any atom is -0.356 e. The molecule has 3 rings (SSSR count). The van der Waals surface area contributed by atoms with Crippen LogP contribution in [-0.4, -0.2) is 44.8 Å². The summed E-state index contributed by atoms with van der Waals surface area (Å²) in [5, 5.41) is 2.98. The van der Waals surface area contributed by atoms with Gasteiger partial charge in [-0.3, -0.25) is 14.3 Å².